The lowest BCUT2D eigenvalue weighted by Crippen LogP contribution is -2.42. The SMILES string of the molecule is CN(C)C(=O)CNC(=NCc1cccc2c1OCCCO2)NCc1cccs1.I. The molecule has 2 heterocycles. The molecule has 0 saturated heterocycles. The number of carbonyl (C=O) groups is 1. The van der Waals surface area contributed by atoms with Crippen LogP contribution in [0.2, 0.25) is 0 Å². The minimum atomic E-state index is -0.0177. The Kier molecular flexibility index (Phi) is 9.52. The average molecular weight is 530 g/mol. The first kappa shape index (κ1) is 23.3. The fourth-order valence-corrected chi connectivity index (χ4v) is 3.26. The molecular formula is C20H27IN4O3S. The maximum Gasteiger partial charge on any atom is 0.241 e. The number of thiophene rings is 1. The highest BCUT2D eigenvalue weighted by molar-refractivity contribution is 14.0. The Balaban J connectivity index is 0.00000300. The molecule has 0 bridgehead atoms. The van der Waals surface area contributed by atoms with Crippen molar-refractivity contribution in [3.63, 3.8) is 0 Å². The zero-order valence-electron chi connectivity index (χ0n) is 16.6. The summed E-state index contributed by atoms with van der Waals surface area (Å²) in [6, 6.07) is 9.91. The zero-order valence-corrected chi connectivity index (χ0v) is 19.8. The largest absolute Gasteiger partial charge is 0.490 e. The van der Waals surface area contributed by atoms with E-state index in [0.29, 0.717) is 32.3 Å². The highest BCUT2D eigenvalue weighted by Crippen LogP contribution is 2.33. The third kappa shape index (κ3) is 7.07. The van der Waals surface area contributed by atoms with Gasteiger partial charge in [0, 0.05) is 31.0 Å². The van der Waals surface area contributed by atoms with Crippen molar-refractivity contribution in [3.05, 3.63) is 46.2 Å². The molecule has 9 heteroatoms. The molecule has 0 atom stereocenters. The second-order valence-corrected chi connectivity index (χ2v) is 7.57. The molecule has 0 saturated carbocycles. The average Bonchev–Trinajstić information content (AvgIpc) is 3.10. The Morgan fingerprint density at radius 2 is 2.00 bits per heavy atom. The topological polar surface area (TPSA) is 75.2 Å². The third-order valence-electron chi connectivity index (χ3n) is 4.18. The van der Waals surface area contributed by atoms with Crippen molar-refractivity contribution in [2.24, 2.45) is 4.99 Å². The molecule has 0 radical (unpaired) electrons. The lowest BCUT2D eigenvalue weighted by Gasteiger charge is -2.15. The van der Waals surface area contributed by atoms with Crippen LogP contribution in [0.25, 0.3) is 0 Å². The number of nitrogens with zero attached hydrogens (tertiary/aromatic N) is 2. The van der Waals surface area contributed by atoms with Gasteiger partial charge in [-0.25, -0.2) is 4.99 Å². The molecule has 1 aromatic carbocycles. The molecule has 2 aromatic rings. The maximum atomic E-state index is 11.9. The van der Waals surface area contributed by atoms with E-state index in [-0.39, 0.29) is 36.4 Å². The lowest BCUT2D eigenvalue weighted by atomic mass is 10.2. The molecule has 3 rings (SSSR count). The Hall–Kier alpha value is -2.01. The number of ether oxygens (including phenoxy) is 2. The Bertz CT molecular complexity index is 812. The molecule has 0 spiro atoms. The van der Waals surface area contributed by atoms with Crippen LogP contribution in [0, 0.1) is 0 Å². The summed E-state index contributed by atoms with van der Waals surface area (Å²) < 4.78 is 11.6. The lowest BCUT2D eigenvalue weighted by molar-refractivity contribution is -0.127. The number of likely N-dealkylation sites (N-methyl/N-ethyl adjacent to an activating group) is 1. The number of nitrogens with one attached hydrogen (secondary N) is 2. The van der Waals surface area contributed by atoms with Crippen molar-refractivity contribution >= 4 is 47.2 Å². The molecule has 1 aliphatic heterocycles. The van der Waals surface area contributed by atoms with Crippen LogP contribution in [0.15, 0.2) is 40.7 Å². The predicted octanol–water partition coefficient (Wildman–Crippen LogP) is 2.85. The molecule has 7 nitrogen and oxygen atoms in total. The number of carbonyl (C=O) groups excluding carboxylic acids is 1. The normalized spacial score (nSPS) is 13.1. The van der Waals surface area contributed by atoms with E-state index in [1.54, 1.807) is 30.3 Å². The summed E-state index contributed by atoms with van der Waals surface area (Å²) in [6.07, 6.45) is 0.860. The Labute approximate surface area is 192 Å². The van der Waals surface area contributed by atoms with Gasteiger partial charge < -0.3 is 25.0 Å². The summed E-state index contributed by atoms with van der Waals surface area (Å²) in [5.41, 5.74) is 0.954. The molecule has 0 aliphatic carbocycles. The van der Waals surface area contributed by atoms with Gasteiger partial charge in [-0.05, 0) is 17.5 Å². The Morgan fingerprint density at radius 1 is 1.17 bits per heavy atom. The first-order chi connectivity index (χ1) is 13.6. The number of halogens is 1. The number of hydrogen-bond donors (Lipinski definition) is 2. The van der Waals surface area contributed by atoms with E-state index in [2.05, 4.69) is 21.7 Å². The van der Waals surface area contributed by atoms with Crippen molar-refractivity contribution in [2.75, 3.05) is 33.9 Å². The van der Waals surface area contributed by atoms with E-state index in [0.717, 1.165) is 23.5 Å². The van der Waals surface area contributed by atoms with Crippen LogP contribution >= 0.6 is 35.3 Å². The predicted molar refractivity (Wildman–Crippen MR) is 126 cm³/mol. The maximum absolute atomic E-state index is 11.9. The van der Waals surface area contributed by atoms with Crippen molar-refractivity contribution in [2.45, 2.75) is 19.5 Å². The van der Waals surface area contributed by atoms with Gasteiger partial charge in [-0.2, -0.15) is 0 Å². The third-order valence-corrected chi connectivity index (χ3v) is 5.05. The van der Waals surface area contributed by atoms with Crippen LogP contribution < -0.4 is 20.1 Å². The molecule has 0 fully saturated rings. The van der Waals surface area contributed by atoms with Gasteiger partial charge in [0.2, 0.25) is 5.91 Å². The first-order valence-corrected chi connectivity index (χ1v) is 10.1. The van der Waals surface area contributed by atoms with E-state index in [9.17, 15) is 4.79 Å². The molecule has 1 aromatic heterocycles. The summed E-state index contributed by atoms with van der Waals surface area (Å²) in [5.74, 6) is 2.08. The van der Waals surface area contributed by atoms with E-state index >= 15 is 0 Å². The number of benzene rings is 1. The van der Waals surface area contributed by atoms with Crippen molar-refractivity contribution in [3.8, 4) is 11.5 Å². The molecule has 1 amide bonds. The second kappa shape index (κ2) is 11.9. The molecule has 0 unspecified atom stereocenters. The minimum Gasteiger partial charge on any atom is -0.490 e. The summed E-state index contributed by atoms with van der Waals surface area (Å²) in [5, 5.41) is 8.43. The quantitative estimate of drug-likeness (QED) is 0.342. The van der Waals surface area contributed by atoms with E-state index in [4.69, 9.17) is 9.47 Å². The smallest absolute Gasteiger partial charge is 0.241 e. The van der Waals surface area contributed by atoms with Crippen LogP contribution in [-0.4, -0.2) is 50.6 Å². The molecular weight excluding hydrogens is 503 g/mol. The second-order valence-electron chi connectivity index (χ2n) is 6.53. The van der Waals surface area contributed by atoms with Gasteiger partial charge in [-0.3, -0.25) is 4.79 Å². The van der Waals surface area contributed by atoms with E-state index in [1.165, 1.54) is 4.88 Å². The highest BCUT2D eigenvalue weighted by Gasteiger charge is 2.14. The number of para-hydroxylation sites is 1. The number of guanidine groups is 1. The molecule has 1 aliphatic rings. The van der Waals surface area contributed by atoms with Gasteiger partial charge in [0.15, 0.2) is 17.5 Å². The van der Waals surface area contributed by atoms with Gasteiger partial charge in [0.05, 0.1) is 32.8 Å². The number of rotatable bonds is 6. The fourth-order valence-electron chi connectivity index (χ4n) is 2.62. The van der Waals surface area contributed by atoms with Crippen LogP contribution in [-0.2, 0) is 17.9 Å². The van der Waals surface area contributed by atoms with Gasteiger partial charge >= 0.3 is 0 Å². The number of amides is 1. The van der Waals surface area contributed by atoms with Gasteiger partial charge in [0.1, 0.15) is 0 Å². The van der Waals surface area contributed by atoms with Crippen LogP contribution in [0.3, 0.4) is 0 Å². The summed E-state index contributed by atoms with van der Waals surface area (Å²) in [6.45, 7) is 2.53. The fraction of sp³-hybridized carbons (Fsp3) is 0.400. The number of hydrogen-bond acceptors (Lipinski definition) is 5. The highest BCUT2D eigenvalue weighted by atomic mass is 127. The minimum absolute atomic E-state index is 0. The van der Waals surface area contributed by atoms with Crippen molar-refractivity contribution in [1.29, 1.82) is 0 Å². The van der Waals surface area contributed by atoms with Gasteiger partial charge in [-0.1, -0.05) is 18.2 Å². The standard InChI is InChI=1S/C20H26N4O3S.HI/c1-24(2)18(25)14-23-20(22-13-16-7-4-11-28-16)21-12-15-6-3-8-17-19(15)27-10-5-9-26-17;/h3-4,6-8,11H,5,9-10,12-14H2,1-2H3,(H2,21,22,23);1H. The summed E-state index contributed by atoms with van der Waals surface area (Å²) >= 11 is 1.67. The van der Waals surface area contributed by atoms with Crippen LogP contribution in [0.4, 0.5) is 0 Å². The Morgan fingerprint density at radius 3 is 2.76 bits per heavy atom. The number of fused-ring (bicyclic) bond motifs is 1. The van der Waals surface area contributed by atoms with Gasteiger partial charge in [-0.15, -0.1) is 35.3 Å². The van der Waals surface area contributed by atoms with Gasteiger partial charge in [0.25, 0.3) is 0 Å². The molecule has 29 heavy (non-hydrogen) atoms. The zero-order chi connectivity index (χ0) is 19.8. The summed E-state index contributed by atoms with van der Waals surface area (Å²) in [4.78, 5) is 19.3. The van der Waals surface area contributed by atoms with E-state index in [1.807, 2.05) is 29.6 Å². The summed E-state index contributed by atoms with van der Waals surface area (Å²) in [7, 11) is 3.47. The molecule has 2 N–H and O–H groups in total. The first-order valence-electron chi connectivity index (χ1n) is 9.25. The van der Waals surface area contributed by atoms with Crippen molar-refractivity contribution in [1.82, 2.24) is 15.5 Å². The van der Waals surface area contributed by atoms with Crippen LogP contribution in [0.5, 0.6) is 11.5 Å². The van der Waals surface area contributed by atoms with Crippen LogP contribution in [0.1, 0.15) is 16.9 Å². The van der Waals surface area contributed by atoms with E-state index < -0.39 is 0 Å². The van der Waals surface area contributed by atoms with Crippen molar-refractivity contribution < 1.29 is 14.3 Å². The molecule has 158 valence electrons. The monoisotopic (exact) mass is 530 g/mol. The number of aliphatic imine (C=N–C) groups is 1.